The van der Waals surface area contributed by atoms with Crippen molar-refractivity contribution >= 4 is 39.2 Å². The SMILES string of the molecule is COc1cc(CNCc2cccs2)ccc1OCCOc1cccc(Br)c1.O=C(O)C(=O)O. The van der Waals surface area contributed by atoms with Crippen molar-refractivity contribution in [3.05, 3.63) is 74.9 Å². The van der Waals surface area contributed by atoms with Gasteiger partial charge in [-0.1, -0.05) is 34.1 Å². The molecule has 0 saturated heterocycles. The summed E-state index contributed by atoms with van der Waals surface area (Å²) < 4.78 is 18.0. The van der Waals surface area contributed by atoms with Crippen molar-refractivity contribution in [2.75, 3.05) is 20.3 Å². The van der Waals surface area contributed by atoms with E-state index in [4.69, 9.17) is 34.0 Å². The number of halogens is 1. The molecule has 3 aromatic rings. The molecule has 0 spiro atoms. The number of hydrogen-bond acceptors (Lipinski definition) is 7. The lowest BCUT2D eigenvalue weighted by Crippen LogP contribution is -2.12. The smallest absolute Gasteiger partial charge is 0.414 e. The number of nitrogens with one attached hydrogen (secondary N) is 1. The first-order chi connectivity index (χ1) is 15.9. The fraction of sp³-hybridized carbons (Fsp3) is 0.217. The average molecular weight is 538 g/mol. The highest BCUT2D eigenvalue weighted by molar-refractivity contribution is 9.10. The quantitative estimate of drug-likeness (QED) is 0.257. The van der Waals surface area contributed by atoms with Gasteiger partial charge in [0.25, 0.3) is 0 Å². The van der Waals surface area contributed by atoms with E-state index in [9.17, 15) is 0 Å². The predicted octanol–water partition coefficient (Wildman–Crippen LogP) is 4.42. The summed E-state index contributed by atoms with van der Waals surface area (Å²) in [7, 11) is 1.66. The number of benzene rings is 2. The molecule has 3 rings (SSSR count). The van der Waals surface area contributed by atoms with E-state index in [1.165, 1.54) is 4.88 Å². The minimum absolute atomic E-state index is 0.443. The summed E-state index contributed by atoms with van der Waals surface area (Å²) in [5, 5.41) is 20.3. The van der Waals surface area contributed by atoms with Gasteiger partial charge in [0, 0.05) is 22.4 Å². The van der Waals surface area contributed by atoms with Gasteiger partial charge < -0.3 is 29.7 Å². The van der Waals surface area contributed by atoms with Crippen molar-refractivity contribution in [2.45, 2.75) is 13.1 Å². The van der Waals surface area contributed by atoms with Crippen molar-refractivity contribution in [1.82, 2.24) is 5.32 Å². The molecule has 33 heavy (non-hydrogen) atoms. The van der Waals surface area contributed by atoms with Crippen molar-refractivity contribution in [3.8, 4) is 17.2 Å². The maximum Gasteiger partial charge on any atom is 0.414 e. The lowest BCUT2D eigenvalue weighted by atomic mass is 10.2. The van der Waals surface area contributed by atoms with Crippen LogP contribution in [0.1, 0.15) is 10.4 Å². The number of rotatable bonds is 10. The molecule has 3 N–H and O–H groups in total. The van der Waals surface area contributed by atoms with Crippen LogP contribution in [0.3, 0.4) is 0 Å². The van der Waals surface area contributed by atoms with Crippen LogP contribution in [0.2, 0.25) is 0 Å². The molecule has 0 aliphatic rings. The van der Waals surface area contributed by atoms with Gasteiger partial charge in [-0.3, -0.25) is 0 Å². The van der Waals surface area contributed by atoms with Crippen LogP contribution in [0.4, 0.5) is 0 Å². The van der Waals surface area contributed by atoms with E-state index in [1.54, 1.807) is 18.4 Å². The molecule has 0 aliphatic carbocycles. The maximum atomic E-state index is 9.10. The first-order valence-electron chi connectivity index (χ1n) is 9.76. The van der Waals surface area contributed by atoms with Crippen LogP contribution in [-0.2, 0) is 22.7 Å². The average Bonchev–Trinajstić information content (AvgIpc) is 3.31. The third kappa shape index (κ3) is 9.94. The van der Waals surface area contributed by atoms with Gasteiger partial charge >= 0.3 is 11.9 Å². The molecular weight excluding hydrogens is 514 g/mol. The Morgan fingerprint density at radius 3 is 2.33 bits per heavy atom. The van der Waals surface area contributed by atoms with E-state index in [1.807, 2.05) is 36.4 Å². The van der Waals surface area contributed by atoms with Crippen molar-refractivity contribution < 1.29 is 34.0 Å². The number of aliphatic carboxylic acids is 2. The van der Waals surface area contributed by atoms with Crippen molar-refractivity contribution in [2.24, 2.45) is 0 Å². The summed E-state index contributed by atoms with van der Waals surface area (Å²) >= 11 is 5.19. The van der Waals surface area contributed by atoms with Crippen LogP contribution in [0.25, 0.3) is 0 Å². The van der Waals surface area contributed by atoms with Gasteiger partial charge in [0.15, 0.2) is 11.5 Å². The number of carbonyl (C=O) groups is 2. The molecular formula is C23H24BrNO7S. The summed E-state index contributed by atoms with van der Waals surface area (Å²) in [5.41, 5.74) is 1.15. The minimum Gasteiger partial charge on any atom is -0.493 e. The Bertz CT molecular complexity index is 1020. The zero-order valence-corrected chi connectivity index (χ0v) is 20.2. The topological polar surface area (TPSA) is 114 Å². The largest absolute Gasteiger partial charge is 0.493 e. The fourth-order valence-electron chi connectivity index (χ4n) is 2.55. The number of carboxylic acid groups (broad SMARTS) is 2. The Kier molecular flexibility index (Phi) is 11.2. The summed E-state index contributed by atoms with van der Waals surface area (Å²) in [5.74, 6) is -1.39. The number of hydrogen-bond donors (Lipinski definition) is 3. The van der Waals surface area contributed by atoms with E-state index in [0.717, 1.165) is 40.4 Å². The third-order valence-electron chi connectivity index (χ3n) is 4.03. The Morgan fingerprint density at radius 2 is 1.70 bits per heavy atom. The van der Waals surface area contributed by atoms with Gasteiger partial charge in [-0.25, -0.2) is 9.59 Å². The van der Waals surface area contributed by atoms with E-state index in [-0.39, 0.29) is 0 Å². The first kappa shape index (κ1) is 26.2. The van der Waals surface area contributed by atoms with Crippen LogP contribution in [-0.4, -0.2) is 42.5 Å². The van der Waals surface area contributed by atoms with Gasteiger partial charge in [-0.05, 0) is 47.3 Å². The van der Waals surface area contributed by atoms with Crippen LogP contribution < -0.4 is 19.5 Å². The fourth-order valence-corrected chi connectivity index (χ4v) is 3.61. The molecule has 10 heteroatoms. The molecule has 0 unspecified atom stereocenters. The summed E-state index contributed by atoms with van der Waals surface area (Å²) in [6, 6.07) is 17.9. The second kappa shape index (κ2) is 14.1. The standard InChI is InChI=1S/C21H22BrNO3S.C2H2O4/c1-24-21-12-16(14-23-15-19-6-3-11-27-19)7-8-20(21)26-10-9-25-18-5-2-4-17(22)13-18;3-1(4)2(5)6/h2-8,11-13,23H,9-10,14-15H2,1H3;(H,3,4)(H,5,6). The molecule has 0 amide bonds. The van der Waals surface area contributed by atoms with Crippen LogP contribution >= 0.6 is 27.3 Å². The van der Waals surface area contributed by atoms with Gasteiger partial charge in [0.2, 0.25) is 0 Å². The highest BCUT2D eigenvalue weighted by atomic mass is 79.9. The van der Waals surface area contributed by atoms with Gasteiger partial charge in [-0.2, -0.15) is 0 Å². The highest BCUT2D eigenvalue weighted by Crippen LogP contribution is 2.28. The molecule has 0 radical (unpaired) electrons. The summed E-state index contributed by atoms with van der Waals surface area (Å²) in [4.78, 5) is 19.5. The van der Waals surface area contributed by atoms with Crippen molar-refractivity contribution in [3.63, 3.8) is 0 Å². The second-order valence-electron chi connectivity index (χ2n) is 6.43. The van der Waals surface area contributed by atoms with Crippen LogP contribution in [0, 0.1) is 0 Å². The van der Waals surface area contributed by atoms with Gasteiger partial charge in [0.05, 0.1) is 7.11 Å². The zero-order valence-electron chi connectivity index (χ0n) is 17.8. The maximum absolute atomic E-state index is 9.10. The van der Waals surface area contributed by atoms with Crippen LogP contribution in [0.5, 0.6) is 17.2 Å². The summed E-state index contributed by atoms with van der Waals surface area (Å²) in [6.45, 7) is 2.55. The Labute approximate surface area is 203 Å². The molecule has 8 nitrogen and oxygen atoms in total. The number of methoxy groups -OCH3 is 1. The Morgan fingerprint density at radius 1 is 0.939 bits per heavy atom. The molecule has 0 saturated carbocycles. The zero-order chi connectivity index (χ0) is 24.1. The Hall–Kier alpha value is -3.08. The molecule has 0 atom stereocenters. The molecule has 176 valence electrons. The predicted molar refractivity (Wildman–Crippen MR) is 128 cm³/mol. The van der Waals surface area contributed by atoms with E-state index >= 15 is 0 Å². The van der Waals surface area contributed by atoms with Gasteiger partial charge in [0.1, 0.15) is 19.0 Å². The molecule has 1 aromatic heterocycles. The number of thiophene rings is 1. The number of carboxylic acids is 2. The third-order valence-corrected chi connectivity index (χ3v) is 5.39. The van der Waals surface area contributed by atoms with Crippen LogP contribution in [0.15, 0.2) is 64.5 Å². The molecule has 0 fully saturated rings. The summed E-state index contributed by atoms with van der Waals surface area (Å²) in [6.07, 6.45) is 0. The molecule has 0 bridgehead atoms. The molecule has 0 aliphatic heterocycles. The highest BCUT2D eigenvalue weighted by Gasteiger charge is 2.07. The molecule has 2 aromatic carbocycles. The van der Waals surface area contributed by atoms with Gasteiger partial charge in [-0.15, -0.1) is 11.3 Å². The Balaban J connectivity index is 0.000000569. The lowest BCUT2D eigenvalue weighted by molar-refractivity contribution is -0.159. The normalized spacial score (nSPS) is 10.0. The minimum atomic E-state index is -1.82. The first-order valence-corrected chi connectivity index (χ1v) is 11.4. The van der Waals surface area contributed by atoms with Crippen molar-refractivity contribution in [1.29, 1.82) is 0 Å². The lowest BCUT2D eigenvalue weighted by Gasteiger charge is -2.13. The molecule has 1 heterocycles. The van der Waals surface area contributed by atoms with E-state index in [0.29, 0.717) is 13.2 Å². The van der Waals surface area contributed by atoms with E-state index in [2.05, 4.69) is 44.8 Å². The number of ether oxygens (including phenoxy) is 3. The van der Waals surface area contributed by atoms with E-state index < -0.39 is 11.9 Å². The second-order valence-corrected chi connectivity index (χ2v) is 8.38. The monoisotopic (exact) mass is 537 g/mol.